The fourth-order valence-electron chi connectivity index (χ4n) is 2.87. The Morgan fingerprint density at radius 2 is 2.04 bits per heavy atom. The number of benzene rings is 2. The van der Waals surface area contributed by atoms with Crippen LogP contribution >= 0.6 is 23.5 Å². The van der Waals surface area contributed by atoms with Crippen molar-refractivity contribution in [2.75, 3.05) is 10.5 Å². The van der Waals surface area contributed by atoms with E-state index >= 15 is 0 Å². The molecule has 1 heterocycles. The van der Waals surface area contributed by atoms with Crippen LogP contribution in [0.3, 0.4) is 0 Å². The number of hydrogen-bond acceptors (Lipinski definition) is 3. The zero-order valence-corrected chi connectivity index (χ0v) is 17.1. The third-order valence-corrected chi connectivity index (χ3v) is 5.71. The molecule has 142 valence electrons. The molecule has 27 heavy (non-hydrogen) atoms. The number of aryl methyl sites for hydroxylation is 1. The van der Waals surface area contributed by atoms with E-state index in [1.54, 1.807) is 11.9 Å². The molecule has 6 heteroatoms. The van der Waals surface area contributed by atoms with Crippen LogP contribution in [-0.4, -0.2) is 16.6 Å². The Bertz CT molecular complexity index is 938. The number of anilines is 1. The van der Waals surface area contributed by atoms with Gasteiger partial charge < -0.3 is 15.0 Å². The van der Waals surface area contributed by atoms with Gasteiger partial charge in [-0.3, -0.25) is 4.79 Å². The maximum atomic E-state index is 12.6. The third kappa shape index (κ3) is 4.79. The second-order valence-corrected chi connectivity index (χ2v) is 7.77. The van der Waals surface area contributed by atoms with Crippen molar-refractivity contribution in [3.8, 4) is 0 Å². The smallest absolute Gasteiger partial charge is 0.268 e. The van der Waals surface area contributed by atoms with Crippen LogP contribution in [0.1, 0.15) is 41.4 Å². The number of carbonyl (C=O) groups excluding carboxylic acids is 1. The van der Waals surface area contributed by atoms with Gasteiger partial charge in [-0.25, -0.2) is 0 Å². The first kappa shape index (κ1) is 19.6. The van der Waals surface area contributed by atoms with Crippen molar-refractivity contribution < 1.29 is 4.79 Å². The van der Waals surface area contributed by atoms with Crippen LogP contribution in [-0.2, 0) is 6.54 Å². The molecule has 1 aromatic heterocycles. The fourth-order valence-corrected chi connectivity index (χ4v) is 3.90. The molecule has 0 unspecified atom stereocenters. The predicted molar refractivity (Wildman–Crippen MR) is 117 cm³/mol. The molecule has 2 aromatic carbocycles. The van der Waals surface area contributed by atoms with Gasteiger partial charge in [0.05, 0.1) is 0 Å². The second kappa shape index (κ2) is 9.20. The molecule has 3 N–H and O–H groups in total. The predicted octanol–water partition coefficient (Wildman–Crippen LogP) is 5.92. The quantitative estimate of drug-likeness (QED) is 0.324. The molecule has 0 radical (unpaired) electrons. The number of hydrogen-bond donors (Lipinski definition) is 3. The van der Waals surface area contributed by atoms with Crippen molar-refractivity contribution in [3.63, 3.8) is 0 Å². The van der Waals surface area contributed by atoms with Crippen molar-refractivity contribution in [1.29, 1.82) is 0 Å². The van der Waals surface area contributed by atoms with Crippen molar-refractivity contribution in [2.24, 2.45) is 0 Å². The molecule has 3 rings (SSSR count). The number of aromatic amines is 1. The summed E-state index contributed by atoms with van der Waals surface area (Å²) in [4.78, 5) is 15.9. The minimum absolute atomic E-state index is 0.129. The van der Waals surface area contributed by atoms with Gasteiger partial charge in [-0.05, 0) is 48.7 Å². The summed E-state index contributed by atoms with van der Waals surface area (Å²) in [7, 11) is 0. The molecule has 0 fully saturated rings. The molecule has 0 saturated carbocycles. The summed E-state index contributed by atoms with van der Waals surface area (Å²) in [6, 6.07) is 13.7. The highest BCUT2D eigenvalue weighted by atomic mass is 35.5. The van der Waals surface area contributed by atoms with Gasteiger partial charge in [0.1, 0.15) is 5.69 Å². The summed E-state index contributed by atoms with van der Waals surface area (Å²) in [5, 5.41) is 4.66. The minimum Gasteiger partial charge on any atom is -0.350 e. The van der Waals surface area contributed by atoms with Crippen molar-refractivity contribution in [1.82, 2.24) is 10.3 Å². The van der Waals surface area contributed by atoms with E-state index in [2.05, 4.69) is 28.0 Å². The van der Waals surface area contributed by atoms with Gasteiger partial charge in [0.2, 0.25) is 0 Å². The number of carbonyl (C=O) groups is 1. The molecule has 3 aromatic rings. The highest BCUT2D eigenvalue weighted by Crippen LogP contribution is 2.26. The van der Waals surface area contributed by atoms with Crippen LogP contribution in [0.4, 0.5) is 5.69 Å². The Morgan fingerprint density at radius 1 is 1.22 bits per heavy atom. The Balaban J connectivity index is 1.71. The molecule has 0 aliphatic carbocycles. The fraction of sp³-hybridized carbons (Fsp3) is 0.286. The molecule has 4 nitrogen and oxygen atoms in total. The lowest BCUT2D eigenvalue weighted by molar-refractivity contribution is 0.0946. The van der Waals surface area contributed by atoms with E-state index in [0.29, 0.717) is 17.3 Å². The minimum atomic E-state index is -0.129. The first-order chi connectivity index (χ1) is 13.1. The summed E-state index contributed by atoms with van der Waals surface area (Å²) in [6.45, 7) is 4.56. The van der Waals surface area contributed by atoms with Gasteiger partial charge in [0, 0.05) is 33.9 Å². The number of aromatic nitrogens is 1. The Kier molecular flexibility index (Phi) is 6.69. The first-order valence-corrected chi connectivity index (χ1v) is 10.5. The van der Waals surface area contributed by atoms with Crippen LogP contribution < -0.4 is 10.0 Å². The maximum absolute atomic E-state index is 12.6. The lowest BCUT2D eigenvalue weighted by Gasteiger charge is -2.06. The Morgan fingerprint density at radius 3 is 2.81 bits per heavy atom. The standard InChI is InChI=1S/C21H24ClN3OS/c1-3-4-11-27-25-16-9-10-19-17(12-16)14(2)20(24-19)21(26)23-13-15-7-5-6-8-18(15)22/h5-10,12,24-25H,3-4,11,13H2,1-2H3,(H,23,26). The van der Waals surface area contributed by atoms with Crippen LogP contribution in [0.15, 0.2) is 42.5 Å². The van der Waals surface area contributed by atoms with E-state index in [0.717, 1.165) is 33.5 Å². The highest BCUT2D eigenvalue weighted by Gasteiger charge is 2.15. The molecule has 0 bridgehead atoms. The molecule has 1 amide bonds. The SMILES string of the molecule is CCCCSNc1ccc2[nH]c(C(=O)NCc3ccccc3Cl)c(C)c2c1. The highest BCUT2D eigenvalue weighted by molar-refractivity contribution is 8.00. The van der Waals surface area contributed by atoms with Crippen LogP contribution in [0.25, 0.3) is 10.9 Å². The maximum Gasteiger partial charge on any atom is 0.268 e. The number of halogens is 1. The third-order valence-electron chi connectivity index (χ3n) is 4.47. The van der Waals surface area contributed by atoms with Gasteiger partial charge in [-0.15, -0.1) is 0 Å². The molecule has 0 spiro atoms. The van der Waals surface area contributed by atoms with Gasteiger partial charge in [-0.1, -0.05) is 55.1 Å². The molecular weight excluding hydrogens is 378 g/mol. The Hall–Kier alpha value is -2.11. The molecule has 0 aliphatic rings. The zero-order valence-electron chi connectivity index (χ0n) is 15.6. The average molecular weight is 402 g/mol. The summed E-state index contributed by atoms with van der Waals surface area (Å²) < 4.78 is 3.38. The second-order valence-electron chi connectivity index (χ2n) is 6.46. The van der Waals surface area contributed by atoms with Crippen LogP contribution in [0, 0.1) is 6.92 Å². The lowest BCUT2D eigenvalue weighted by Crippen LogP contribution is -2.24. The normalized spacial score (nSPS) is 10.9. The summed E-state index contributed by atoms with van der Waals surface area (Å²) >= 11 is 7.87. The summed E-state index contributed by atoms with van der Waals surface area (Å²) in [5.41, 5.74) is 4.45. The summed E-state index contributed by atoms with van der Waals surface area (Å²) in [6.07, 6.45) is 2.39. The van der Waals surface area contributed by atoms with E-state index in [1.807, 2.05) is 43.3 Å². The topological polar surface area (TPSA) is 56.9 Å². The molecule has 0 aliphatic heterocycles. The van der Waals surface area contributed by atoms with E-state index in [9.17, 15) is 4.79 Å². The van der Waals surface area contributed by atoms with Crippen LogP contribution in [0.5, 0.6) is 0 Å². The average Bonchev–Trinajstić information content (AvgIpc) is 3.01. The van der Waals surface area contributed by atoms with Crippen LogP contribution in [0.2, 0.25) is 5.02 Å². The summed E-state index contributed by atoms with van der Waals surface area (Å²) in [5.74, 6) is 0.951. The van der Waals surface area contributed by atoms with Gasteiger partial charge in [0.25, 0.3) is 5.91 Å². The van der Waals surface area contributed by atoms with E-state index in [-0.39, 0.29) is 5.91 Å². The van der Waals surface area contributed by atoms with E-state index in [1.165, 1.54) is 12.8 Å². The van der Waals surface area contributed by atoms with Crippen molar-refractivity contribution >= 4 is 46.0 Å². The van der Waals surface area contributed by atoms with Gasteiger partial charge in [-0.2, -0.15) is 0 Å². The largest absolute Gasteiger partial charge is 0.350 e. The number of amides is 1. The number of H-pyrrole nitrogens is 1. The number of nitrogens with one attached hydrogen (secondary N) is 3. The molecular formula is C21H24ClN3OS. The number of rotatable bonds is 8. The Labute approximate surface area is 169 Å². The molecule has 0 atom stereocenters. The number of unbranched alkanes of at least 4 members (excludes halogenated alkanes) is 1. The van der Waals surface area contributed by atoms with Gasteiger partial charge in [0.15, 0.2) is 0 Å². The van der Waals surface area contributed by atoms with Crippen molar-refractivity contribution in [2.45, 2.75) is 33.2 Å². The van der Waals surface area contributed by atoms with E-state index < -0.39 is 0 Å². The lowest BCUT2D eigenvalue weighted by atomic mass is 10.1. The van der Waals surface area contributed by atoms with Gasteiger partial charge >= 0.3 is 0 Å². The zero-order chi connectivity index (χ0) is 19.2. The monoisotopic (exact) mass is 401 g/mol. The van der Waals surface area contributed by atoms with E-state index in [4.69, 9.17) is 11.6 Å². The van der Waals surface area contributed by atoms with Crippen molar-refractivity contribution in [3.05, 3.63) is 64.3 Å². The molecule has 0 saturated heterocycles. The first-order valence-electron chi connectivity index (χ1n) is 9.12. The number of fused-ring (bicyclic) bond motifs is 1.